The molecule has 2 heterocycles. The van der Waals surface area contributed by atoms with Crippen LogP contribution in [0.5, 0.6) is 0 Å². The number of urea groups is 1. The van der Waals surface area contributed by atoms with Gasteiger partial charge in [0.25, 0.3) is 0 Å². The summed E-state index contributed by atoms with van der Waals surface area (Å²) >= 11 is 3.01. The lowest BCUT2D eigenvalue weighted by Gasteiger charge is -2.27. The quantitative estimate of drug-likeness (QED) is 0.768. The Kier molecular flexibility index (Phi) is 5.17. The third kappa shape index (κ3) is 3.39. The minimum absolute atomic E-state index is 0.153. The number of rotatable bonds is 6. The Labute approximate surface area is 126 Å². The first-order valence-electron chi connectivity index (χ1n) is 6.47. The van der Waals surface area contributed by atoms with Crippen LogP contribution in [0, 0.1) is 0 Å². The summed E-state index contributed by atoms with van der Waals surface area (Å²) in [7, 11) is 0. The lowest BCUT2D eigenvalue weighted by Crippen LogP contribution is -2.45. The first kappa shape index (κ1) is 15.0. The van der Waals surface area contributed by atoms with E-state index in [-0.39, 0.29) is 12.6 Å². The Morgan fingerprint density at radius 3 is 2.80 bits per heavy atom. The van der Waals surface area contributed by atoms with Crippen LogP contribution in [0.15, 0.2) is 34.3 Å². The molecule has 0 saturated carbocycles. The largest absolute Gasteiger partial charge is 0.378 e. The standard InChI is InChI=1S/C14H18N2O2S2/c1-2-6-15-13(17)16-10-14(18,11-5-8-19-9-11)12-4-3-7-20-12/h3-5,7-9,18H,2,6,10H2,1H3,(H2,15,16,17). The van der Waals surface area contributed by atoms with Gasteiger partial charge in [-0.05, 0) is 34.7 Å². The van der Waals surface area contributed by atoms with Crippen LogP contribution in [0.1, 0.15) is 23.8 Å². The molecule has 0 saturated heterocycles. The summed E-state index contributed by atoms with van der Waals surface area (Å²) in [5, 5.41) is 22.2. The highest BCUT2D eigenvalue weighted by atomic mass is 32.1. The summed E-state index contributed by atoms with van der Waals surface area (Å²) in [6, 6.07) is 5.41. The van der Waals surface area contributed by atoms with Gasteiger partial charge in [0.15, 0.2) is 0 Å². The van der Waals surface area contributed by atoms with Crippen LogP contribution in [-0.4, -0.2) is 24.2 Å². The minimum Gasteiger partial charge on any atom is -0.378 e. The first-order chi connectivity index (χ1) is 9.66. The number of thiophene rings is 2. The molecule has 0 aliphatic heterocycles. The normalized spacial score (nSPS) is 13.7. The molecule has 1 unspecified atom stereocenters. The van der Waals surface area contributed by atoms with Crippen LogP contribution in [0.2, 0.25) is 0 Å². The summed E-state index contributed by atoms with van der Waals surface area (Å²) in [5.41, 5.74) is -0.363. The molecule has 0 spiro atoms. The summed E-state index contributed by atoms with van der Waals surface area (Å²) in [6.45, 7) is 2.77. The predicted molar refractivity (Wildman–Crippen MR) is 83.3 cm³/mol. The molecule has 2 aromatic rings. The average Bonchev–Trinajstić information content (AvgIpc) is 3.14. The molecule has 4 nitrogen and oxygen atoms in total. The molecule has 0 radical (unpaired) electrons. The van der Waals surface area contributed by atoms with Gasteiger partial charge in [-0.3, -0.25) is 0 Å². The van der Waals surface area contributed by atoms with Gasteiger partial charge in [0.05, 0.1) is 6.54 Å². The van der Waals surface area contributed by atoms with Crippen molar-refractivity contribution in [3.63, 3.8) is 0 Å². The highest BCUT2D eigenvalue weighted by Gasteiger charge is 2.33. The second-order valence-electron chi connectivity index (χ2n) is 4.46. The predicted octanol–water partition coefficient (Wildman–Crippen LogP) is 2.75. The van der Waals surface area contributed by atoms with Gasteiger partial charge in [-0.15, -0.1) is 11.3 Å². The molecule has 20 heavy (non-hydrogen) atoms. The first-order valence-corrected chi connectivity index (χ1v) is 8.30. The van der Waals surface area contributed by atoms with E-state index in [4.69, 9.17) is 0 Å². The van der Waals surface area contributed by atoms with E-state index >= 15 is 0 Å². The van der Waals surface area contributed by atoms with Crippen LogP contribution >= 0.6 is 22.7 Å². The van der Waals surface area contributed by atoms with Crippen molar-refractivity contribution >= 4 is 28.7 Å². The van der Waals surface area contributed by atoms with Gasteiger partial charge >= 0.3 is 6.03 Å². The van der Waals surface area contributed by atoms with Gasteiger partial charge in [0.1, 0.15) is 5.60 Å². The molecule has 0 aliphatic rings. The van der Waals surface area contributed by atoms with Gasteiger partial charge < -0.3 is 15.7 Å². The minimum atomic E-state index is -1.17. The van der Waals surface area contributed by atoms with Crippen molar-refractivity contribution in [1.29, 1.82) is 0 Å². The van der Waals surface area contributed by atoms with E-state index in [9.17, 15) is 9.90 Å². The fourth-order valence-corrected chi connectivity index (χ4v) is 3.42. The topological polar surface area (TPSA) is 61.4 Å². The van der Waals surface area contributed by atoms with E-state index in [0.29, 0.717) is 6.54 Å². The second-order valence-corrected chi connectivity index (χ2v) is 6.19. The third-order valence-corrected chi connectivity index (χ3v) is 4.67. The molecule has 3 N–H and O–H groups in total. The smallest absolute Gasteiger partial charge is 0.314 e. The molecule has 2 amide bonds. The van der Waals surface area contributed by atoms with Crippen LogP contribution in [-0.2, 0) is 5.60 Å². The number of hydrogen-bond donors (Lipinski definition) is 3. The molecule has 2 rings (SSSR count). The molecular weight excluding hydrogens is 292 g/mol. The maximum absolute atomic E-state index is 11.7. The van der Waals surface area contributed by atoms with E-state index < -0.39 is 5.60 Å². The fourth-order valence-electron chi connectivity index (χ4n) is 1.85. The van der Waals surface area contributed by atoms with Crippen molar-refractivity contribution in [3.05, 3.63) is 44.8 Å². The number of hydrogen-bond acceptors (Lipinski definition) is 4. The summed E-state index contributed by atoms with van der Waals surface area (Å²) in [5.74, 6) is 0. The number of nitrogens with one attached hydrogen (secondary N) is 2. The van der Waals surface area contributed by atoms with E-state index in [2.05, 4.69) is 10.6 Å². The van der Waals surface area contributed by atoms with E-state index in [0.717, 1.165) is 16.9 Å². The maximum atomic E-state index is 11.7. The molecule has 0 fully saturated rings. The van der Waals surface area contributed by atoms with Gasteiger partial charge in [0, 0.05) is 17.0 Å². The molecule has 0 aliphatic carbocycles. The van der Waals surface area contributed by atoms with Crippen molar-refractivity contribution in [3.8, 4) is 0 Å². The van der Waals surface area contributed by atoms with Gasteiger partial charge in [-0.2, -0.15) is 11.3 Å². The third-order valence-electron chi connectivity index (χ3n) is 2.97. The lowest BCUT2D eigenvalue weighted by molar-refractivity contribution is 0.0864. The van der Waals surface area contributed by atoms with E-state index in [1.165, 1.54) is 22.7 Å². The number of carbonyl (C=O) groups excluding carboxylic acids is 1. The van der Waals surface area contributed by atoms with Crippen LogP contribution < -0.4 is 10.6 Å². The highest BCUT2D eigenvalue weighted by Crippen LogP contribution is 2.33. The summed E-state index contributed by atoms with van der Waals surface area (Å²) in [6.07, 6.45) is 0.882. The highest BCUT2D eigenvalue weighted by molar-refractivity contribution is 7.10. The summed E-state index contributed by atoms with van der Waals surface area (Å²) in [4.78, 5) is 12.5. The Morgan fingerprint density at radius 2 is 2.20 bits per heavy atom. The Morgan fingerprint density at radius 1 is 1.35 bits per heavy atom. The molecule has 1 atom stereocenters. The molecule has 2 aromatic heterocycles. The van der Waals surface area contributed by atoms with Gasteiger partial charge in [-0.1, -0.05) is 13.0 Å². The SMILES string of the molecule is CCCNC(=O)NCC(O)(c1ccsc1)c1cccs1. The van der Waals surface area contributed by atoms with Crippen molar-refractivity contribution in [2.24, 2.45) is 0 Å². The van der Waals surface area contributed by atoms with Gasteiger partial charge in [0.2, 0.25) is 0 Å². The molecule has 0 bridgehead atoms. The Balaban J connectivity index is 2.11. The maximum Gasteiger partial charge on any atom is 0.314 e. The van der Waals surface area contributed by atoms with E-state index in [1.807, 2.05) is 41.3 Å². The van der Waals surface area contributed by atoms with Crippen molar-refractivity contribution in [2.75, 3.05) is 13.1 Å². The molecule has 0 aromatic carbocycles. The molecular formula is C14H18N2O2S2. The van der Waals surface area contributed by atoms with Crippen LogP contribution in [0.25, 0.3) is 0 Å². The molecule has 108 valence electrons. The average molecular weight is 310 g/mol. The number of amides is 2. The van der Waals surface area contributed by atoms with Crippen molar-refractivity contribution < 1.29 is 9.90 Å². The van der Waals surface area contributed by atoms with Crippen LogP contribution in [0.4, 0.5) is 4.79 Å². The Hall–Kier alpha value is -1.37. The second kappa shape index (κ2) is 6.88. The van der Waals surface area contributed by atoms with Crippen molar-refractivity contribution in [1.82, 2.24) is 10.6 Å². The monoisotopic (exact) mass is 310 g/mol. The zero-order valence-corrected chi connectivity index (χ0v) is 12.9. The molecule has 6 heteroatoms. The van der Waals surface area contributed by atoms with E-state index in [1.54, 1.807) is 0 Å². The zero-order chi connectivity index (χ0) is 14.4. The van der Waals surface area contributed by atoms with Crippen molar-refractivity contribution in [2.45, 2.75) is 18.9 Å². The fraction of sp³-hybridized carbons (Fsp3) is 0.357. The summed E-state index contributed by atoms with van der Waals surface area (Å²) < 4.78 is 0. The Bertz CT molecular complexity index is 489. The lowest BCUT2D eigenvalue weighted by atomic mass is 9.94. The number of aliphatic hydroxyl groups is 1. The number of carbonyl (C=O) groups is 1. The van der Waals surface area contributed by atoms with Gasteiger partial charge in [-0.25, -0.2) is 4.79 Å². The zero-order valence-electron chi connectivity index (χ0n) is 11.3. The van der Waals surface area contributed by atoms with Crippen LogP contribution in [0.3, 0.4) is 0 Å².